The molecule has 0 saturated carbocycles. The number of nitrogens with two attached hydrogens (primary N) is 1. The first kappa shape index (κ1) is 18.9. The third kappa shape index (κ3) is 3.19. The normalized spacial score (nSPS) is 11.6. The largest absolute Gasteiger partial charge is 0.508 e. The molecule has 0 unspecified atom stereocenters. The van der Waals surface area contributed by atoms with Gasteiger partial charge in [-0.3, -0.25) is 15.0 Å². The molecule has 0 fully saturated rings. The molecular weight excluding hydrogens is 368 g/mol. The predicted molar refractivity (Wildman–Crippen MR) is 114 cm³/mol. The van der Waals surface area contributed by atoms with Crippen molar-refractivity contribution in [2.24, 2.45) is 5.73 Å². The third-order valence-corrected chi connectivity index (χ3v) is 5.24. The number of aromatic nitrogens is 3. The van der Waals surface area contributed by atoms with Gasteiger partial charge in [-0.15, -0.1) is 0 Å². The van der Waals surface area contributed by atoms with E-state index >= 15 is 0 Å². The summed E-state index contributed by atoms with van der Waals surface area (Å²) < 4.78 is 2.07. The van der Waals surface area contributed by atoms with E-state index in [1.165, 1.54) is 6.07 Å². The summed E-state index contributed by atoms with van der Waals surface area (Å²) in [5.41, 5.74) is 9.24. The summed E-state index contributed by atoms with van der Waals surface area (Å²) in [5, 5.41) is 27.1. The molecule has 29 heavy (non-hydrogen) atoms. The van der Waals surface area contributed by atoms with Crippen LogP contribution in [-0.2, 0) is 6.54 Å². The maximum atomic E-state index is 12.6. The Morgan fingerprint density at radius 3 is 2.59 bits per heavy atom. The second kappa shape index (κ2) is 7.18. The van der Waals surface area contributed by atoms with Crippen molar-refractivity contribution in [3.8, 4) is 33.9 Å². The third-order valence-electron chi connectivity index (χ3n) is 5.24. The van der Waals surface area contributed by atoms with Crippen LogP contribution in [0, 0.1) is 0 Å². The van der Waals surface area contributed by atoms with Crippen LogP contribution in [0.25, 0.3) is 33.3 Å². The van der Waals surface area contributed by atoms with Crippen LogP contribution in [0.4, 0.5) is 0 Å². The van der Waals surface area contributed by atoms with E-state index in [2.05, 4.69) is 14.8 Å². The van der Waals surface area contributed by atoms with Gasteiger partial charge in [0.1, 0.15) is 11.5 Å². The highest BCUT2D eigenvalue weighted by molar-refractivity contribution is 5.90. The van der Waals surface area contributed by atoms with Crippen LogP contribution in [0.3, 0.4) is 0 Å². The number of fused-ring (bicyclic) bond motifs is 1. The lowest BCUT2D eigenvalue weighted by Crippen LogP contribution is -2.08. The number of H-pyrrole nitrogens is 2. The molecule has 150 valence electrons. The Balaban J connectivity index is 1.89. The fraction of sp³-hybridized carbons (Fsp3) is 0.227. The molecule has 0 spiro atoms. The van der Waals surface area contributed by atoms with Crippen molar-refractivity contribution in [3.63, 3.8) is 0 Å². The minimum atomic E-state index is -0.278. The topological polar surface area (TPSA) is 120 Å². The highest BCUT2D eigenvalue weighted by Crippen LogP contribution is 2.40. The standard InChI is InChI=1S/C22H24N4O3/c1-12(2)15-10-16(19(28)11-18(15)27)21-20(22(29)25-24-21)14-3-4-17-13(9-14)5-7-26(17)8-6-23/h3-5,7,9-12,27-28H,6,8,23H2,1-2H3,(H2,24,25,29). The minimum Gasteiger partial charge on any atom is -0.508 e. The molecule has 2 heterocycles. The van der Waals surface area contributed by atoms with E-state index in [4.69, 9.17) is 5.73 Å². The van der Waals surface area contributed by atoms with Gasteiger partial charge < -0.3 is 20.5 Å². The van der Waals surface area contributed by atoms with Gasteiger partial charge in [-0.2, -0.15) is 0 Å². The Hall–Kier alpha value is -3.45. The quantitative estimate of drug-likeness (QED) is 0.357. The van der Waals surface area contributed by atoms with Gasteiger partial charge in [0.2, 0.25) is 0 Å². The van der Waals surface area contributed by atoms with Crippen molar-refractivity contribution in [2.75, 3.05) is 6.54 Å². The number of benzene rings is 2. The van der Waals surface area contributed by atoms with Gasteiger partial charge in [0, 0.05) is 41.8 Å². The van der Waals surface area contributed by atoms with E-state index < -0.39 is 0 Å². The number of phenolic OH excluding ortho intramolecular Hbond substituents is 2. The number of phenols is 2. The summed E-state index contributed by atoms with van der Waals surface area (Å²) in [6, 6.07) is 10.8. The van der Waals surface area contributed by atoms with Gasteiger partial charge in [0.05, 0.1) is 11.3 Å². The molecule has 6 N–H and O–H groups in total. The molecule has 0 aliphatic heterocycles. The van der Waals surface area contributed by atoms with Crippen LogP contribution in [0.15, 0.2) is 47.4 Å². The number of aromatic amines is 2. The summed E-state index contributed by atoms with van der Waals surface area (Å²) in [6.45, 7) is 5.18. The van der Waals surface area contributed by atoms with Gasteiger partial charge in [-0.1, -0.05) is 19.9 Å². The van der Waals surface area contributed by atoms with E-state index in [-0.39, 0.29) is 23.0 Å². The van der Waals surface area contributed by atoms with Crippen molar-refractivity contribution < 1.29 is 10.2 Å². The molecule has 0 atom stereocenters. The van der Waals surface area contributed by atoms with Crippen LogP contribution in [0.5, 0.6) is 11.5 Å². The highest BCUT2D eigenvalue weighted by atomic mass is 16.3. The SMILES string of the molecule is CC(C)c1cc(-c2[nH][nH]c(=O)c2-c2ccc3c(ccn3CCN)c2)c(O)cc1O. The number of rotatable bonds is 5. The van der Waals surface area contributed by atoms with E-state index in [0.29, 0.717) is 28.9 Å². The first-order valence-corrected chi connectivity index (χ1v) is 9.57. The first-order chi connectivity index (χ1) is 13.9. The predicted octanol–water partition coefficient (Wildman–Crippen LogP) is 3.49. The molecule has 7 nitrogen and oxygen atoms in total. The van der Waals surface area contributed by atoms with Crippen LogP contribution >= 0.6 is 0 Å². The van der Waals surface area contributed by atoms with Crippen LogP contribution < -0.4 is 11.3 Å². The number of hydrogen-bond donors (Lipinski definition) is 5. The summed E-state index contributed by atoms with van der Waals surface area (Å²) in [7, 11) is 0. The second-order valence-electron chi connectivity index (χ2n) is 7.48. The van der Waals surface area contributed by atoms with E-state index in [1.54, 1.807) is 6.07 Å². The molecule has 0 bridgehead atoms. The van der Waals surface area contributed by atoms with E-state index in [0.717, 1.165) is 23.0 Å². The number of aromatic hydroxyl groups is 2. The maximum absolute atomic E-state index is 12.6. The fourth-order valence-electron chi connectivity index (χ4n) is 3.78. The van der Waals surface area contributed by atoms with Gasteiger partial charge in [-0.25, -0.2) is 0 Å². The van der Waals surface area contributed by atoms with Gasteiger partial charge >= 0.3 is 0 Å². The van der Waals surface area contributed by atoms with Crippen LogP contribution in [0.1, 0.15) is 25.3 Å². The first-order valence-electron chi connectivity index (χ1n) is 9.57. The molecule has 0 aliphatic rings. The lowest BCUT2D eigenvalue weighted by atomic mass is 9.94. The van der Waals surface area contributed by atoms with Crippen molar-refractivity contribution in [3.05, 3.63) is 58.5 Å². The van der Waals surface area contributed by atoms with Crippen molar-refractivity contribution >= 4 is 10.9 Å². The molecule has 0 radical (unpaired) electrons. The smallest absolute Gasteiger partial charge is 0.272 e. The van der Waals surface area contributed by atoms with Crippen LogP contribution in [0.2, 0.25) is 0 Å². The molecule has 0 amide bonds. The highest BCUT2D eigenvalue weighted by Gasteiger charge is 2.20. The zero-order valence-electron chi connectivity index (χ0n) is 16.4. The zero-order chi connectivity index (χ0) is 20.7. The summed E-state index contributed by atoms with van der Waals surface area (Å²) in [6.07, 6.45) is 1.98. The molecule has 2 aromatic carbocycles. The van der Waals surface area contributed by atoms with E-state index in [1.807, 2.05) is 44.3 Å². The molecular formula is C22H24N4O3. The molecule has 4 aromatic rings. The van der Waals surface area contributed by atoms with Crippen molar-refractivity contribution in [2.45, 2.75) is 26.3 Å². The van der Waals surface area contributed by atoms with Crippen molar-refractivity contribution in [1.82, 2.24) is 14.8 Å². The lowest BCUT2D eigenvalue weighted by molar-refractivity contribution is 0.445. The van der Waals surface area contributed by atoms with Gasteiger partial charge in [0.25, 0.3) is 5.56 Å². The molecule has 0 aliphatic carbocycles. The minimum absolute atomic E-state index is 0.0309. The lowest BCUT2D eigenvalue weighted by Gasteiger charge is -2.13. The molecule has 0 saturated heterocycles. The van der Waals surface area contributed by atoms with Crippen molar-refractivity contribution in [1.29, 1.82) is 0 Å². The number of nitrogens with one attached hydrogen (secondary N) is 2. The Morgan fingerprint density at radius 1 is 1.07 bits per heavy atom. The Morgan fingerprint density at radius 2 is 1.86 bits per heavy atom. The Labute approximate surface area is 167 Å². The summed E-state index contributed by atoms with van der Waals surface area (Å²) in [5.74, 6) is -0.0101. The van der Waals surface area contributed by atoms with E-state index in [9.17, 15) is 15.0 Å². The average Bonchev–Trinajstić information content (AvgIpc) is 3.25. The summed E-state index contributed by atoms with van der Waals surface area (Å²) in [4.78, 5) is 12.6. The Bertz CT molecular complexity index is 1250. The number of nitrogens with zero attached hydrogens (tertiary/aromatic N) is 1. The average molecular weight is 392 g/mol. The van der Waals surface area contributed by atoms with Crippen LogP contribution in [-0.4, -0.2) is 31.5 Å². The van der Waals surface area contributed by atoms with Gasteiger partial charge in [-0.05, 0) is 41.3 Å². The summed E-state index contributed by atoms with van der Waals surface area (Å²) >= 11 is 0. The molecule has 4 rings (SSSR count). The Kier molecular flexibility index (Phi) is 4.68. The number of hydrogen-bond acceptors (Lipinski definition) is 4. The molecule has 2 aromatic heterocycles. The fourth-order valence-corrected chi connectivity index (χ4v) is 3.78. The van der Waals surface area contributed by atoms with Gasteiger partial charge in [0.15, 0.2) is 0 Å². The molecule has 7 heteroatoms. The maximum Gasteiger partial charge on any atom is 0.272 e. The monoisotopic (exact) mass is 392 g/mol. The second-order valence-corrected chi connectivity index (χ2v) is 7.48. The zero-order valence-corrected chi connectivity index (χ0v) is 16.4.